The highest BCUT2D eigenvalue weighted by atomic mass is 28.4. The fourth-order valence-electron chi connectivity index (χ4n) is 5.94. The third kappa shape index (κ3) is 3.21. The first-order valence-corrected chi connectivity index (χ1v) is 14.9. The van der Waals surface area contributed by atoms with E-state index >= 15 is 0 Å². The van der Waals surface area contributed by atoms with Crippen molar-refractivity contribution in [2.75, 3.05) is 26.4 Å². The van der Waals surface area contributed by atoms with E-state index in [0.29, 0.717) is 39.2 Å². The summed E-state index contributed by atoms with van der Waals surface area (Å²) in [7, 11) is -2.05. The number of nitrogens with zero attached hydrogens (tertiary/aromatic N) is 1. The zero-order valence-electron chi connectivity index (χ0n) is 20.0. The molecule has 0 bridgehead atoms. The molecule has 3 atom stereocenters. The highest BCUT2D eigenvalue weighted by Gasteiger charge is 2.67. The lowest BCUT2D eigenvalue weighted by Crippen LogP contribution is -2.64. The maximum atomic E-state index is 13.2. The van der Waals surface area contributed by atoms with Crippen LogP contribution in [0.2, 0.25) is 18.1 Å². The molecule has 32 heavy (non-hydrogen) atoms. The summed E-state index contributed by atoms with van der Waals surface area (Å²) in [5.41, 5.74) is 0.125. The Morgan fingerprint density at radius 3 is 2.59 bits per heavy atom. The van der Waals surface area contributed by atoms with E-state index in [1.165, 1.54) is 5.57 Å². The summed E-state index contributed by atoms with van der Waals surface area (Å²) >= 11 is 0. The number of hydrogen-bond donors (Lipinski definition) is 1. The SMILES string of the molecule is CC(C)(C)[Si](C)(C)O[C@H]1C=C[C@]2(O)CC(=O)N3CCCC4=C(CC5(OCCO5)OC4)[C@@]32C1. The lowest BCUT2D eigenvalue weighted by molar-refractivity contribution is -0.333. The van der Waals surface area contributed by atoms with Gasteiger partial charge in [-0.25, -0.2) is 0 Å². The number of amides is 1. The molecule has 0 aromatic rings. The van der Waals surface area contributed by atoms with Crippen LogP contribution < -0.4 is 0 Å². The Bertz CT molecular complexity index is 870. The quantitative estimate of drug-likeness (QED) is 0.500. The second kappa shape index (κ2) is 7.23. The largest absolute Gasteiger partial charge is 0.410 e. The number of rotatable bonds is 2. The number of carbonyl (C=O) groups excluding carboxylic acids is 1. The first kappa shape index (κ1) is 22.7. The number of ether oxygens (including phenoxy) is 3. The molecule has 0 radical (unpaired) electrons. The van der Waals surface area contributed by atoms with Gasteiger partial charge in [-0.3, -0.25) is 4.79 Å². The number of aliphatic hydroxyl groups is 1. The molecule has 2 fully saturated rings. The van der Waals surface area contributed by atoms with E-state index in [9.17, 15) is 9.90 Å². The van der Waals surface area contributed by atoms with Gasteiger partial charge in [0.2, 0.25) is 5.91 Å². The van der Waals surface area contributed by atoms with Crippen LogP contribution in [0.15, 0.2) is 23.3 Å². The van der Waals surface area contributed by atoms with E-state index in [4.69, 9.17) is 18.6 Å². The van der Waals surface area contributed by atoms with Gasteiger partial charge in [0.1, 0.15) is 11.1 Å². The van der Waals surface area contributed by atoms with Gasteiger partial charge in [0.15, 0.2) is 8.32 Å². The first-order chi connectivity index (χ1) is 14.9. The van der Waals surface area contributed by atoms with E-state index in [2.05, 4.69) is 33.9 Å². The Morgan fingerprint density at radius 1 is 1.19 bits per heavy atom. The Kier molecular flexibility index (Phi) is 5.14. The summed E-state index contributed by atoms with van der Waals surface area (Å²) in [6, 6.07) is 0. The van der Waals surface area contributed by atoms with Crippen LogP contribution in [0.1, 0.15) is 52.9 Å². The van der Waals surface area contributed by atoms with Crippen LogP contribution in [0, 0.1) is 0 Å². The van der Waals surface area contributed by atoms with Gasteiger partial charge in [0.25, 0.3) is 5.97 Å². The van der Waals surface area contributed by atoms with Gasteiger partial charge in [0, 0.05) is 13.0 Å². The van der Waals surface area contributed by atoms with Crippen molar-refractivity contribution in [3.63, 3.8) is 0 Å². The zero-order chi connectivity index (χ0) is 23.0. The molecule has 5 aliphatic rings. The number of hydrogen-bond acceptors (Lipinski definition) is 6. The average Bonchev–Trinajstić information content (AvgIpc) is 3.17. The van der Waals surface area contributed by atoms with Crippen molar-refractivity contribution in [3.05, 3.63) is 23.3 Å². The smallest absolute Gasteiger partial charge is 0.287 e. The fourth-order valence-corrected chi connectivity index (χ4v) is 7.21. The van der Waals surface area contributed by atoms with Crippen LogP contribution in [0.25, 0.3) is 0 Å². The van der Waals surface area contributed by atoms with Gasteiger partial charge in [-0.2, -0.15) is 0 Å². The summed E-state index contributed by atoms with van der Waals surface area (Å²) in [6.07, 6.45) is 6.44. The summed E-state index contributed by atoms with van der Waals surface area (Å²) in [4.78, 5) is 15.2. The van der Waals surface area contributed by atoms with Crippen molar-refractivity contribution < 1.29 is 28.5 Å². The highest BCUT2D eigenvalue weighted by molar-refractivity contribution is 6.74. The maximum Gasteiger partial charge on any atom is 0.287 e. The summed E-state index contributed by atoms with van der Waals surface area (Å²) < 4.78 is 24.7. The molecule has 178 valence electrons. The summed E-state index contributed by atoms with van der Waals surface area (Å²) in [6.45, 7) is 13.2. The first-order valence-electron chi connectivity index (χ1n) is 11.9. The molecule has 2 spiro atoms. The summed E-state index contributed by atoms with van der Waals surface area (Å²) in [5.74, 6) is -1.10. The zero-order valence-corrected chi connectivity index (χ0v) is 21.0. The van der Waals surface area contributed by atoms with Gasteiger partial charge in [-0.15, -0.1) is 0 Å². The second-order valence-electron chi connectivity index (χ2n) is 11.5. The molecule has 7 nitrogen and oxygen atoms in total. The molecule has 1 N–H and O–H groups in total. The maximum absolute atomic E-state index is 13.2. The lowest BCUT2D eigenvalue weighted by Gasteiger charge is -2.53. The predicted molar refractivity (Wildman–Crippen MR) is 121 cm³/mol. The molecule has 0 aromatic heterocycles. The van der Waals surface area contributed by atoms with E-state index in [1.54, 1.807) is 0 Å². The van der Waals surface area contributed by atoms with Crippen LogP contribution >= 0.6 is 0 Å². The molecule has 2 saturated heterocycles. The molecule has 5 rings (SSSR count). The normalized spacial score (nSPS) is 36.9. The van der Waals surface area contributed by atoms with Crippen molar-refractivity contribution in [2.24, 2.45) is 0 Å². The van der Waals surface area contributed by atoms with Gasteiger partial charge < -0.3 is 28.6 Å². The van der Waals surface area contributed by atoms with Crippen molar-refractivity contribution in [2.45, 2.75) is 94.2 Å². The minimum Gasteiger partial charge on any atom is -0.410 e. The molecule has 4 aliphatic heterocycles. The molecule has 4 heterocycles. The Hall–Kier alpha value is -1.03. The van der Waals surface area contributed by atoms with Gasteiger partial charge >= 0.3 is 0 Å². The van der Waals surface area contributed by atoms with Crippen LogP contribution in [0.3, 0.4) is 0 Å². The molecule has 0 unspecified atom stereocenters. The fraction of sp³-hybridized carbons (Fsp3) is 0.792. The second-order valence-corrected chi connectivity index (χ2v) is 16.3. The third-order valence-electron chi connectivity index (χ3n) is 8.61. The van der Waals surface area contributed by atoms with Crippen molar-refractivity contribution in [3.8, 4) is 0 Å². The Morgan fingerprint density at radius 2 is 1.91 bits per heavy atom. The van der Waals surface area contributed by atoms with Crippen LogP contribution in [0.4, 0.5) is 0 Å². The van der Waals surface area contributed by atoms with Crippen molar-refractivity contribution in [1.82, 2.24) is 4.90 Å². The van der Waals surface area contributed by atoms with Gasteiger partial charge in [0.05, 0.1) is 38.8 Å². The van der Waals surface area contributed by atoms with Gasteiger partial charge in [-0.05, 0) is 42.1 Å². The Labute approximate surface area is 191 Å². The van der Waals surface area contributed by atoms with Crippen molar-refractivity contribution in [1.29, 1.82) is 0 Å². The Balaban J connectivity index is 1.59. The topological polar surface area (TPSA) is 77.5 Å². The van der Waals surface area contributed by atoms with E-state index in [-0.39, 0.29) is 23.5 Å². The van der Waals surface area contributed by atoms with E-state index in [0.717, 1.165) is 18.4 Å². The predicted octanol–water partition coefficient (Wildman–Crippen LogP) is 3.25. The minimum absolute atomic E-state index is 0.00711. The average molecular weight is 464 g/mol. The van der Waals surface area contributed by atoms with Crippen LogP contribution in [0.5, 0.6) is 0 Å². The van der Waals surface area contributed by atoms with Gasteiger partial charge in [-0.1, -0.05) is 32.9 Å². The standard InChI is InChI=1S/C24H37NO6Si/c1-21(2,3)32(4,5)31-18-8-9-22(27)15-20(26)25-10-6-7-17-16-30-24(28-11-12-29-24)14-19(17)23(22,25)13-18/h8-9,18,27H,6-7,10-16H2,1-5H3/t18-,22-,23+/m0/s1. The van der Waals surface area contributed by atoms with E-state index in [1.807, 2.05) is 17.1 Å². The lowest BCUT2D eigenvalue weighted by atomic mass is 9.65. The molecule has 1 amide bonds. The molecular weight excluding hydrogens is 426 g/mol. The van der Waals surface area contributed by atoms with Crippen LogP contribution in [-0.2, 0) is 23.4 Å². The molecule has 0 aromatic carbocycles. The highest BCUT2D eigenvalue weighted by Crippen LogP contribution is 2.57. The van der Waals surface area contributed by atoms with Crippen LogP contribution in [-0.4, -0.2) is 73.8 Å². The molecule has 1 aliphatic carbocycles. The minimum atomic E-state index is -2.05. The molecule has 8 heteroatoms. The molecular formula is C24H37NO6Si. The summed E-state index contributed by atoms with van der Waals surface area (Å²) in [5, 5.41) is 12.1. The third-order valence-corrected chi connectivity index (χ3v) is 13.1. The van der Waals surface area contributed by atoms with Crippen molar-refractivity contribution >= 4 is 14.2 Å². The molecule has 0 saturated carbocycles. The number of carbonyl (C=O) groups is 1. The monoisotopic (exact) mass is 463 g/mol. The van der Waals surface area contributed by atoms with E-state index < -0.39 is 25.4 Å².